The van der Waals surface area contributed by atoms with Crippen LogP contribution in [0, 0.1) is 17.3 Å². The second-order valence-electron chi connectivity index (χ2n) is 9.92. The Morgan fingerprint density at radius 3 is 2.76 bits per heavy atom. The Hall–Kier alpha value is -2.84. The number of phenolic OH excluding ortho intramolecular Hbond substituents is 1. The van der Waals surface area contributed by atoms with E-state index in [-0.39, 0.29) is 22.6 Å². The van der Waals surface area contributed by atoms with Crippen LogP contribution in [0.5, 0.6) is 11.5 Å². The Bertz CT molecular complexity index is 1060. The third kappa shape index (κ3) is 3.27. The molecule has 1 aliphatic heterocycles. The first-order chi connectivity index (χ1) is 15.8. The van der Waals surface area contributed by atoms with Gasteiger partial charge in [-0.05, 0) is 54.4 Å². The fourth-order valence-corrected chi connectivity index (χ4v) is 6.12. The van der Waals surface area contributed by atoms with Crippen LogP contribution < -0.4 is 15.4 Å². The van der Waals surface area contributed by atoms with Gasteiger partial charge in [0.15, 0.2) is 0 Å². The van der Waals surface area contributed by atoms with Gasteiger partial charge in [0.1, 0.15) is 35.1 Å². The van der Waals surface area contributed by atoms with Gasteiger partial charge in [0, 0.05) is 26.4 Å². The van der Waals surface area contributed by atoms with Crippen molar-refractivity contribution in [3.8, 4) is 11.5 Å². The fraction of sp³-hybridized carbons (Fsp3) is 0.520. The van der Waals surface area contributed by atoms with Crippen molar-refractivity contribution in [1.29, 1.82) is 0 Å². The maximum Gasteiger partial charge on any atom is 0.255 e. The highest BCUT2D eigenvalue weighted by Crippen LogP contribution is 2.68. The number of nitrogens with one attached hydrogen (secondary N) is 2. The molecule has 1 amide bonds. The van der Waals surface area contributed by atoms with Crippen molar-refractivity contribution >= 4 is 11.7 Å². The second kappa shape index (κ2) is 7.88. The minimum absolute atomic E-state index is 0.0126. The highest BCUT2D eigenvalue weighted by Gasteiger charge is 2.70. The van der Waals surface area contributed by atoms with Crippen molar-refractivity contribution in [3.63, 3.8) is 0 Å². The molecule has 3 aliphatic carbocycles. The lowest BCUT2D eigenvalue weighted by Crippen LogP contribution is -2.72. The molecule has 8 nitrogen and oxygen atoms in total. The number of fused-ring (bicyclic) bond motifs is 1. The fourth-order valence-electron chi connectivity index (χ4n) is 6.12. The maximum atomic E-state index is 12.8. The summed E-state index contributed by atoms with van der Waals surface area (Å²) in [5.41, 5.74) is -0.828. The predicted octanol–water partition coefficient (Wildman–Crippen LogP) is 2.87. The molecule has 1 aromatic heterocycles. The Morgan fingerprint density at radius 1 is 1.24 bits per heavy atom. The van der Waals surface area contributed by atoms with Gasteiger partial charge in [-0.15, -0.1) is 0 Å². The Labute approximate surface area is 193 Å². The average molecular weight is 454 g/mol. The molecule has 2 aromatic rings. The number of aromatic nitrogens is 1. The normalized spacial score (nSPS) is 30.8. The van der Waals surface area contributed by atoms with E-state index < -0.39 is 23.7 Å². The van der Waals surface area contributed by atoms with Crippen LogP contribution in [0.4, 0.5) is 5.82 Å². The van der Waals surface area contributed by atoms with Gasteiger partial charge in [0.2, 0.25) is 0 Å². The molecule has 4 aliphatic rings. The first-order valence-corrected chi connectivity index (χ1v) is 11.5. The Morgan fingerprint density at radius 2 is 2.06 bits per heavy atom. The van der Waals surface area contributed by atoms with Crippen LogP contribution in [0.1, 0.15) is 48.7 Å². The van der Waals surface area contributed by atoms with E-state index in [1.54, 1.807) is 18.3 Å². The number of nitrogens with zero attached hydrogens (tertiary/aromatic N) is 1. The molecule has 3 saturated carbocycles. The summed E-state index contributed by atoms with van der Waals surface area (Å²) >= 11 is 0. The second-order valence-corrected chi connectivity index (χ2v) is 9.92. The molecule has 2 heterocycles. The molecule has 4 N–H and O–H groups in total. The molecule has 1 aromatic carbocycles. The van der Waals surface area contributed by atoms with Crippen LogP contribution in [0.25, 0.3) is 0 Å². The van der Waals surface area contributed by atoms with E-state index in [1.807, 2.05) is 18.2 Å². The number of hydrogen-bond donors (Lipinski definition) is 4. The van der Waals surface area contributed by atoms with Crippen molar-refractivity contribution in [3.05, 3.63) is 47.7 Å². The highest BCUT2D eigenvalue weighted by molar-refractivity contribution is 5.97. The molecule has 176 valence electrons. The largest absolute Gasteiger partial charge is 0.507 e. The van der Waals surface area contributed by atoms with Gasteiger partial charge in [0.25, 0.3) is 5.91 Å². The van der Waals surface area contributed by atoms with Crippen LogP contribution in [0.3, 0.4) is 0 Å². The van der Waals surface area contributed by atoms with E-state index in [0.717, 1.165) is 18.7 Å². The number of carbonyl (C=O) groups excluding carboxylic acids is 1. The molecule has 6 rings (SSSR count). The maximum absolute atomic E-state index is 12.8. The van der Waals surface area contributed by atoms with Gasteiger partial charge in [-0.3, -0.25) is 4.79 Å². The molecular formula is C25H31N3O5. The number of carbonyl (C=O) groups is 1. The molecule has 5 atom stereocenters. The molecule has 0 saturated heterocycles. The zero-order chi connectivity index (χ0) is 23.4. The average Bonchev–Trinajstić information content (AvgIpc) is 2.80. The van der Waals surface area contributed by atoms with Gasteiger partial charge in [-0.2, -0.15) is 0 Å². The van der Waals surface area contributed by atoms with E-state index in [4.69, 9.17) is 9.47 Å². The SMILES string of the molecule is CO[C@H]1c2c(ccc(C(=O)NCCNc3ccccn3)c2O)O[C@@H]2C[C@H]3C[C@H](C3(C)C)[C@@]21O. The predicted molar refractivity (Wildman–Crippen MR) is 122 cm³/mol. The minimum Gasteiger partial charge on any atom is -0.507 e. The van der Waals surface area contributed by atoms with Gasteiger partial charge in [-0.1, -0.05) is 19.9 Å². The number of amides is 1. The van der Waals surface area contributed by atoms with E-state index in [1.165, 1.54) is 7.11 Å². The van der Waals surface area contributed by atoms with Crippen molar-refractivity contribution in [2.24, 2.45) is 17.3 Å². The number of ether oxygens (including phenoxy) is 2. The first kappa shape index (κ1) is 22.0. The number of pyridine rings is 1. The van der Waals surface area contributed by atoms with Crippen LogP contribution in [0.2, 0.25) is 0 Å². The lowest BCUT2D eigenvalue weighted by atomic mass is 9.42. The van der Waals surface area contributed by atoms with Crippen molar-refractivity contribution in [2.75, 3.05) is 25.5 Å². The van der Waals surface area contributed by atoms with Crippen molar-refractivity contribution < 1.29 is 24.5 Å². The van der Waals surface area contributed by atoms with Crippen LogP contribution in [0.15, 0.2) is 36.5 Å². The smallest absolute Gasteiger partial charge is 0.255 e. The summed E-state index contributed by atoms with van der Waals surface area (Å²) in [7, 11) is 1.53. The summed E-state index contributed by atoms with van der Waals surface area (Å²) in [4.78, 5) is 17.0. The summed E-state index contributed by atoms with van der Waals surface area (Å²) in [5, 5.41) is 29.0. The number of hydrogen-bond acceptors (Lipinski definition) is 7. The Balaban J connectivity index is 1.36. The van der Waals surface area contributed by atoms with E-state index in [0.29, 0.717) is 30.3 Å². The van der Waals surface area contributed by atoms with E-state index in [9.17, 15) is 15.0 Å². The molecule has 3 fully saturated rings. The van der Waals surface area contributed by atoms with Crippen molar-refractivity contribution in [1.82, 2.24) is 10.3 Å². The number of anilines is 1. The lowest BCUT2D eigenvalue weighted by Gasteiger charge is -2.67. The summed E-state index contributed by atoms with van der Waals surface area (Å²) in [6, 6.07) is 8.80. The number of benzene rings is 1. The highest BCUT2D eigenvalue weighted by atomic mass is 16.5. The van der Waals surface area contributed by atoms with Crippen LogP contribution >= 0.6 is 0 Å². The summed E-state index contributed by atoms with van der Waals surface area (Å²) in [6.07, 6.45) is 2.16. The van der Waals surface area contributed by atoms with Gasteiger partial charge >= 0.3 is 0 Å². The van der Waals surface area contributed by atoms with Crippen LogP contribution in [-0.2, 0) is 4.74 Å². The molecule has 0 spiro atoms. The number of aromatic hydroxyl groups is 1. The molecular weight excluding hydrogens is 422 g/mol. The zero-order valence-corrected chi connectivity index (χ0v) is 19.2. The number of methoxy groups -OCH3 is 1. The summed E-state index contributed by atoms with van der Waals surface area (Å²) < 4.78 is 12.0. The van der Waals surface area contributed by atoms with Gasteiger partial charge in [-0.25, -0.2) is 4.98 Å². The molecule has 33 heavy (non-hydrogen) atoms. The van der Waals surface area contributed by atoms with Crippen LogP contribution in [-0.4, -0.2) is 53.0 Å². The van der Waals surface area contributed by atoms with Gasteiger partial charge in [0.05, 0.1) is 11.1 Å². The zero-order valence-electron chi connectivity index (χ0n) is 19.2. The monoisotopic (exact) mass is 453 g/mol. The molecule has 0 unspecified atom stereocenters. The summed E-state index contributed by atoms with van der Waals surface area (Å²) in [6.45, 7) is 5.17. The number of phenols is 1. The number of aliphatic hydroxyl groups is 1. The molecule has 8 heteroatoms. The Kier molecular flexibility index (Phi) is 5.25. The van der Waals surface area contributed by atoms with E-state index in [2.05, 4.69) is 29.5 Å². The third-order valence-corrected chi connectivity index (χ3v) is 8.03. The standard InChI is InChI=1S/C25H31N3O5/c1-24(2)14-12-17(24)25(31)18(13-14)33-16-8-7-15(21(29)20(16)22(25)32-3)23(30)28-11-10-27-19-6-4-5-9-26-19/h4-9,14,17-18,22,29,31H,10-13H2,1-3H3,(H,26,27)(H,28,30)/t14-,17-,18-,22+,25-/m1/s1. The first-order valence-electron chi connectivity index (χ1n) is 11.5. The quantitative estimate of drug-likeness (QED) is 0.498. The van der Waals surface area contributed by atoms with E-state index >= 15 is 0 Å². The minimum atomic E-state index is -1.26. The topological polar surface area (TPSA) is 113 Å². The molecule has 0 radical (unpaired) electrons. The number of rotatable bonds is 6. The van der Waals surface area contributed by atoms with Gasteiger partial charge < -0.3 is 30.3 Å². The lowest BCUT2D eigenvalue weighted by molar-refractivity contribution is -0.293. The third-order valence-electron chi connectivity index (χ3n) is 8.03. The summed E-state index contributed by atoms with van der Waals surface area (Å²) in [5.74, 6) is 1.04. The van der Waals surface area contributed by atoms with Crippen molar-refractivity contribution in [2.45, 2.75) is 44.5 Å². The molecule has 2 bridgehead atoms.